The van der Waals surface area contributed by atoms with Gasteiger partial charge in [0.05, 0.1) is 15.7 Å². The molecule has 0 bridgehead atoms. The van der Waals surface area contributed by atoms with E-state index in [4.69, 9.17) is 5.11 Å². The highest BCUT2D eigenvalue weighted by Crippen LogP contribution is 2.27. The van der Waals surface area contributed by atoms with Crippen LogP contribution >= 0.6 is 15.9 Å². The van der Waals surface area contributed by atoms with E-state index >= 15 is 0 Å². The maximum atomic E-state index is 12.0. The lowest BCUT2D eigenvalue weighted by Crippen LogP contribution is -2.12. The molecule has 0 heterocycles. The van der Waals surface area contributed by atoms with Crippen LogP contribution in [0.25, 0.3) is 0 Å². The van der Waals surface area contributed by atoms with E-state index in [0.717, 1.165) is 6.07 Å². The maximum absolute atomic E-state index is 12.0. The summed E-state index contributed by atoms with van der Waals surface area (Å²) in [5, 5.41) is 30.4. The van der Waals surface area contributed by atoms with Crippen LogP contribution in [-0.4, -0.2) is 27.2 Å². The summed E-state index contributed by atoms with van der Waals surface area (Å²) in [7, 11) is 0. The fourth-order valence-corrected chi connectivity index (χ4v) is 1.87. The van der Waals surface area contributed by atoms with Gasteiger partial charge in [-0.15, -0.1) is 0 Å². The van der Waals surface area contributed by atoms with Crippen LogP contribution in [0.15, 0.2) is 40.9 Å². The largest absolute Gasteiger partial charge is 0.507 e. The van der Waals surface area contributed by atoms with Gasteiger partial charge in [-0.1, -0.05) is 0 Å². The summed E-state index contributed by atoms with van der Waals surface area (Å²) in [5.41, 5.74) is 0.177. The highest BCUT2D eigenvalue weighted by atomic mass is 79.9. The van der Waals surface area contributed by atoms with Crippen LogP contribution in [0.2, 0.25) is 0 Å². The molecule has 108 valence electrons. The highest BCUT2D eigenvalue weighted by molar-refractivity contribution is 9.10. The molecule has 0 unspecified atom stereocenters. The lowest BCUT2D eigenvalue weighted by molar-refractivity contribution is 0.0696. The Labute approximate surface area is 127 Å². The molecule has 0 aromatic heterocycles. The van der Waals surface area contributed by atoms with Crippen molar-refractivity contribution in [2.75, 3.05) is 5.32 Å². The summed E-state index contributed by atoms with van der Waals surface area (Å²) in [6.07, 6.45) is 0. The van der Waals surface area contributed by atoms with Crippen LogP contribution < -0.4 is 5.32 Å². The van der Waals surface area contributed by atoms with Crippen molar-refractivity contribution in [3.63, 3.8) is 0 Å². The first-order chi connectivity index (χ1) is 9.88. The second-order valence-corrected chi connectivity index (χ2v) is 5.01. The monoisotopic (exact) mass is 351 g/mol. The number of carboxylic acids is 1. The summed E-state index contributed by atoms with van der Waals surface area (Å²) >= 11 is 3.10. The van der Waals surface area contributed by atoms with Crippen LogP contribution in [0, 0.1) is 0 Å². The number of hydrogen-bond acceptors (Lipinski definition) is 4. The zero-order valence-corrected chi connectivity index (χ0v) is 12.1. The number of nitrogens with one attached hydrogen (secondary N) is 1. The number of hydrogen-bond donors (Lipinski definition) is 4. The minimum absolute atomic E-state index is 0.0763. The van der Waals surface area contributed by atoms with Crippen molar-refractivity contribution in [3.05, 3.63) is 52.0 Å². The third-order valence-electron chi connectivity index (χ3n) is 2.70. The van der Waals surface area contributed by atoms with Crippen molar-refractivity contribution < 1.29 is 24.9 Å². The third kappa shape index (κ3) is 3.32. The SMILES string of the molecule is O=C(O)c1ccc(NC(=O)c2ccc(Br)c(O)c2)c(O)c1. The molecule has 0 radical (unpaired) electrons. The fraction of sp³-hybridized carbons (Fsp3) is 0. The van der Waals surface area contributed by atoms with Gasteiger partial charge in [0.2, 0.25) is 0 Å². The minimum Gasteiger partial charge on any atom is -0.507 e. The first kappa shape index (κ1) is 14.9. The van der Waals surface area contributed by atoms with E-state index in [9.17, 15) is 19.8 Å². The summed E-state index contributed by atoms with van der Waals surface area (Å²) in [6, 6.07) is 7.85. The average molecular weight is 352 g/mol. The van der Waals surface area contributed by atoms with Gasteiger partial charge >= 0.3 is 5.97 Å². The second-order valence-electron chi connectivity index (χ2n) is 4.16. The normalized spacial score (nSPS) is 10.1. The van der Waals surface area contributed by atoms with E-state index in [1.54, 1.807) is 0 Å². The predicted molar refractivity (Wildman–Crippen MR) is 78.8 cm³/mol. The van der Waals surface area contributed by atoms with E-state index in [-0.39, 0.29) is 28.3 Å². The molecule has 2 aromatic rings. The molecule has 1 amide bonds. The number of aromatic hydroxyl groups is 2. The van der Waals surface area contributed by atoms with Gasteiger partial charge < -0.3 is 20.6 Å². The van der Waals surface area contributed by atoms with E-state index < -0.39 is 11.9 Å². The van der Waals surface area contributed by atoms with Gasteiger partial charge in [0, 0.05) is 5.56 Å². The van der Waals surface area contributed by atoms with Gasteiger partial charge in [0.15, 0.2) is 0 Å². The number of phenolic OH excluding ortho intramolecular Hbond substituents is 2. The number of phenols is 2. The maximum Gasteiger partial charge on any atom is 0.335 e. The molecule has 0 aliphatic carbocycles. The number of rotatable bonds is 3. The number of anilines is 1. The van der Waals surface area contributed by atoms with Gasteiger partial charge in [-0.2, -0.15) is 0 Å². The smallest absolute Gasteiger partial charge is 0.335 e. The zero-order valence-electron chi connectivity index (χ0n) is 10.5. The molecule has 2 aromatic carbocycles. The standard InChI is InChI=1S/C14H10BrNO5/c15-9-3-1-7(5-11(9)17)13(19)16-10-4-2-8(14(20)21)6-12(10)18/h1-6,17-18H,(H,16,19)(H,20,21). The first-order valence-corrected chi connectivity index (χ1v) is 6.54. The molecule has 7 heteroatoms. The van der Waals surface area contributed by atoms with Crippen LogP contribution in [0.4, 0.5) is 5.69 Å². The number of benzene rings is 2. The molecule has 2 rings (SSSR count). The zero-order chi connectivity index (χ0) is 15.6. The van der Waals surface area contributed by atoms with E-state index in [0.29, 0.717) is 4.47 Å². The van der Waals surface area contributed by atoms with Gasteiger partial charge in [-0.05, 0) is 52.3 Å². The summed E-state index contributed by atoms with van der Waals surface area (Å²) in [6.45, 7) is 0. The minimum atomic E-state index is -1.18. The number of halogens is 1. The molecule has 0 spiro atoms. The number of aromatic carboxylic acids is 1. The van der Waals surface area contributed by atoms with Crippen LogP contribution in [0.5, 0.6) is 11.5 Å². The molecule has 0 aliphatic heterocycles. The Kier molecular flexibility index (Phi) is 4.13. The Bertz CT molecular complexity index is 729. The number of carboxylic acid groups (broad SMARTS) is 1. The van der Waals surface area contributed by atoms with Crippen LogP contribution in [-0.2, 0) is 0 Å². The van der Waals surface area contributed by atoms with Gasteiger partial charge in [-0.3, -0.25) is 4.79 Å². The Morgan fingerprint density at radius 1 is 0.952 bits per heavy atom. The van der Waals surface area contributed by atoms with Gasteiger partial charge in [-0.25, -0.2) is 4.79 Å². The molecule has 4 N–H and O–H groups in total. The van der Waals surface area contributed by atoms with Crippen LogP contribution in [0.1, 0.15) is 20.7 Å². The number of carbonyl (C=O) groups is 2. The third-order valence-corrected chi connectivity index (χ3v) is 3.37. The van der Waals surface area contributed by atoms with Gasteiger partial charge in [0.1, 0.15) is 11.5 Å². The van der Waals surface area contributed by atoms with Crippen molar-refractivity contribution in [2.24, 2.45) is 0 Å². The van der Waals surface area contributed by atoms with E-state index in [1.165, 1.54) is 30.3 Å². The lowest BCUT2D eigenvalue weighted by atomic mass is 10.1. The van der Waals surface area contributed by atoms with E-state index in [2.05, 4.69) is 21.2 Å². The molecule has 0 saturated carbocycles. The number of amides is 1. The number of carbonyl (C=O) groups excluding carboxylic acids is 1. The second kappa shape index (κ2) is 5.84. The molecule has 21 heavy (non-hydrogen) atoms. The molecule has 6 nitrogen and oxygen atoms in total. The van der Waals surface area contributed by atoms with Crippen molar-refractivity contribution >= 4 is 33.5 Å². The summed E-state index contributed by atoms with van der Waals surface area (Å²) in [4.78, 5) is 22.7. The highest BCUT2D eigenvalue weighted by Gasteiger charge is 2.12. The quantitative estimate of drug-likeness (QED) is 0.636. The van der Waals surface area contributed by atoms with E-state index in [1.807, 2.05) is 0 Å². The van der Waals surface area contributed by atoms with Crippen molar-refractivity contribution in [1.82, 2.24) is 0 Å². The van der Waals surface area contributed by atoms with Crippen molar-refractivity contribution in [2.45, 2.75) is 0 Å². The Morgan fingerprint density at radius 2 is 1.57 bits per heavy atom. The first-order valence-electron chi connectivity index (χ1n) is 5.74. The molecular formula is C14H10BrNO5. The molecule has 0 aliphatic rings. The topological polar surface area (TPSA) is 107 Å². The molecule has 0 atom stereocenters. The molecular weight excluding hydrogens is 342 g/mol. The lowest BCUT2D eigenvalue weighted by Gasteiger charge is -2.08. The van der Waals surface area contributed by atoms with Crippen LogP contribution in [0.3, 0.4) is 0 Å². The van der Waals surface area contributed by atoms with Gasteiger partial charge in [0.25, 0.3) is 5.91 Å². The molecule has 0 saturated heterocycles. The Morgan fingerprint density at radius 3 is 2.14 bits per heavy atom. The predicted octanol–water partition coefficient (Wildman–Crippen LogP) is 2.81. The Balaban J connectivity index is 2.23. The average Bonchev–Trinajstić information content (AvgIpc) is 2.43. The van der Waals surface area contributed by atoms with Crippen molar-refractivity contribution in [3.8, 4) is 11.5 Å². The van der Waals surface area contributed by atoms with Crippen molar-refractivity contribution in [1.29, 1.82) is 0 Å². The summed E-state index contributed by atoms with van der Waals surface area (Å²) in [5.74, 6) is -2.17. The fourth-order valence-electron chi connectivity index (χ4n) is 1.62. The Hall–Kier alpha value is -2.54. The summed E-state index contributed by atoms with van der Waals surface area (Å²) < 4.78 is 0.452. The molecule has 0 fully saturated rings.